The zero-order chi connectivity index (χ0) is 16.6. The van der Waals surface area contributed by atoms with Gasteiger partial charge in [0.05, 0.1) is 6.33 Å². The van der Waals surface area contributed by atoms with Gasteiger partial charge in [-0.2, -0.15) is 8.42 Å². The molecule has 1 aromatic carbocycles. The monoisotopic (exact) mass is 333 g/mol. The first-order chi connectivity index (χ1) is 10.8. The fraction of sp³-hybridized carbons (Fsp3) is 0.143. The van der Waals surface area contributed by atoms with Crippen molar-refractivity contribution in [3.63, 3.8) is 0 Å². The Hall–Kier alpha value is -2.81. The molecule has 0 aliphatic rings. The van der Waals surface area contributed by atoms with E-state index in [0.29, 0.717) is 5.69 Å². The number of sulfonamides is 1. The summed E-state index contributed by atoms with van der Waals surface area (Å²) in [6.45, 7) is 1.85. The molecule has 0 bridgehead atoms. The molecule has 0 saturated carbocycles. The fourth-order valence-electron chi connectivity index (χ4n) is 2.12. The van der Waals surface area contributed by atoms with Crippen molar-refractivity contribution in [3.05, 3.63) is 42.5 Å². The second kappa shape index (κ2) is 5.43. The summed E-state index contributed by atoms with van der Waals surface area (Å²) in [4.78, 5) is 3.76. The fourth-order valence-corrected chi connectivity index (χ4v) is 3.00. The predicted molar refractivity (Wildman–Crippen MR) is 86.6 cm³/mol. The number of benzene rings is 1. The lowest BCUT2D eigenvalue weighted by molar-refractivity contribution is 0.578. The third-order valence-corrected chi connectivity index (χ3v) is 4.25. The number of guanidine groups is 1. The summed E-state index contributed by atoms with van der Waals surface area (Å²) in [5.41, 5.74) is 7.03. The number of nitrogens with one attached hydrogen (secondary N) is 1. The Balaban J connectivity index is 1.85. The van der Waals surface area contributed by atoms with E-state index < -0.39 is 10.0 Å². The van der Waals surface area contributed by atoms with Gasteiger partial charge in [-0.3, -0.25) is 0 Å². The van der Waals surface area contributed by atoms with E-state index in [0.717, 1.165) is 16.7 Å². The highest BCUT2D eigenvalue weighted by atomic mass is 32.2. The van der Waals surface area contributed by atoms with Crippen LogP contribution in [-0.4, -0.2) is 23.9 Å². The lowest BCUT2D eigenvalue weighted by Crippen LogP contribution is -2.24. The summed E-state index contributed by atoms with van der Waals surface area (Å²) in [6.07, 6.45) is 2.73. The molecule has 3 N–H and O–H groups in total. The van der Waals surface area contributed by atoms with Crippen molar-refractivity contribution in [2.45, 2.75) is 11.9 Å². The second-order valence-corrected chi connectivity index (χ2v) is 6.61. The van der Waals surface area contributed by atoms with E-state index in [1.54, 1.807) is 25.2 Å². The number of aryl methyl sites for hydroxylation is 2. The average Bonchev–Trinajstić information content (AvgIpc) is 3.02. The molecular weight excluding hydrogens is 318 g/mol. The normalized spacial score (nSPS) is 12.7. The number of nitrogens with two attached hydrogens (primary N) is 1. The van der Waals surface area contributed by atoms with E-state index >= 15 is 0 Å². The van der Waals surface area contributed by atoms with Crippen molar-refractivity contribution in [3.8, 4) is 0 Å². The van der Waals surface area contributed by atoms with Crippen LogP contribution in [0.25, 0.3) is 11.0 Å². The molecular formula is C14H15N5O3S. The van der Waals surface area contributed by atoms with Gasteiger partial charge < -0.3 is 20.0 Å². The van der Waals surface area contributed by atoms with E-state index in [9.17, 15) is 8.42 Å². The standard InChI is InChI=1S/C14H15N5O3S/c1-9-5-10-6-11(3-4-12(10)22-9)17-14(15)18-23(20,21)13-7-19(2)8-16-13/h3-8H,1-2H3,(H3,15,17,18). The summed E-state index contributed by atoms with van der Waals surface area (Å²) < 4.78 is 34.6. The molecule has 0 spiro atoms. The predicted octanol–water partition coefficient (Wildman–Crippen LogP) is 1.59. The molecule has 0 saturated heterocycles. The molecule has 3 aromatic rings. The molecule has 0 fully saturated rings. The van der Waals surface area contributed by atoms with E-state index in [-0.39, 0.29) is 11.0 Å². The van der Waals surface area contributed by atoms with Gasteiger partial charge in [0.2, 0.25) is 5.96 Å². The summed E-state index contributed by atoms with van der Waals surface area (Å²) >= 11 is 0. The first-order valence-electron chi connectivity index (χ1n) is 6.69. The molecule has 0 radical (unpaired) electrons. The number of hydrogen-bond donors (Lipinski definition) is 2. The van der Waals surface area contributed by atoms with Gasteiger partial charge in [-0.05, 0) is 31.2 Å². The van der Waals surface area contributed by atoms with Crippen LogP contribution in [-0.2, 0) is 17.1 Å². The number of fused-ring (bicyclic) bond motifs is 1. The van der Waals surface area contributed by atoms with Crippen molar-refractivity contribution in [2.75, 3.05) is 5.32 Å². The van der Waals surface area contributed by atoms with E-state index in [4.69, 9.17) is 10.2 Å². The molecule has 8 nitrogen and oxygen atoms in total. The molecule has 0 unspecified atom stereocenters. The molecule has 0 amide bonds. The summed E-state index contributed by atoms with van der Waals surface area (Å²) in [5, 5.41) is 3.47. The van der Waals surface area contributed by atoms with Crippen LogP contribution < -0.4 is 11.1 Å². The van der Waals surface area contributed by atoms with Crippen molar-refractivity contribution < 1.29 is 12.8 Å². The van der Waals surface area contributed by atoms with Crippen LogP contribution in [0.2, 0.25) is 0 Å². The second-order valence-electron chi connectivity index (χ2n) is 5.06. The van der Waals surface area contributed by atoms with Gasteiger partial charge in [-0.15, -0.1) is 4.40 Å². The molecule has 9 heteroatoms. The van der Waals surface area contributed by atoms with Gasteiger partial charge >= 0.3 is 10.0 Å². The molecule has 2 aromatic heterocycles. The van der Waals surface area contributed by atoms with Crippen LogP contribution in [0.1, 0.15) is 5.76 Å². The number of anilines is 1. The lowest BCUT2D eigenvalue weighted by atomic mass is 10.2. The maximum absolute atomic E-state index is 12.1. The van der Waals surface area contributed by atoms with Gasteiger partial charge in [0.25, 0.3) is 0 Å². The minimum Gasteiger partial charge on any atom is -0.461 e. The Labute approximate surface area is 132 Å². The van der Waals surface area contributed by atoms with E-state index in [2.05, 4.69) is 14.7 Å². The SMILES string of the molecule is Cc1cc2cc(NC(N)=NS(=O)(=O)c3cn(C)cn3)ccc2o1. The zero-order valence-corrected chi connectivity index (χ0v) is 13.3. The maximum atomic E-state index is 12.1. The summed E-state index contributed by atoms with van der Waals surface area (Å²) in [5.74, 6) is 0.548. The Morgan fingerprint density at radius 3 is 2.87 bits per heavy atom. The number of furan rings is 1. The number of hydrogen-bond acceptors (Lipinski definition) is 4. The van der Waals surface area contributed by atoms with Crippen molar-refractivity contribution in [1.82, 2.24) is 9.55 Å². The number of rotatable bonds is 3. The van der Waals surface area contributed by atoms with Gasteiger partial charge in [-0.1, -0.05) is 0 Å². The van der Waals surface area contributed by atoms with Crippen LogP contribution in [0.3, 0.4) is 0 Å². The minimum atomic E-state index is -3.95. The lowest BCUT2D eigenvalue weighted by Gasteiger charge is -2.05. The maximum Gasteiger partial charge on any atom is 0.304 e. The highest BCUT2D eigenvalue weighted by Gasteiger charge is 2.16. The van der Waals surface area contributed by atoms with E-state index in [1.807, 2.05) is 13.0 Å². The first-order valence-corrected chi connectivity index (χ1v) is 8.13. The Morgan fingerprint density at radius 2 is 2.17 bits per heavy atom. The molecule has 2 heterocycles. The Bertz CT molecular complexity index is 1000. The first kappa shape index (κ1) is 15.1. The van der Waals surface area contributed by atoms with Crippen molar-refractivity contribution in [2.24, 2.45) is 17.2 Å². The Kier molecular flexibility index (Phi) is 3.57. The molecule has 0 aliphatic carbocycles. The van der Waals surface area contributed by atoms with Crippen LogP contribution in [0.5, 0.6) is 0 Å². The third-order valence-electron chi connectivity index (χ3n) is 3.08. The van der Waals surface area contributed by atoms with Crippen LogP contribution >= 0.6 is 0 Å². The zero-order valence-electron chi connectivity index (χ0n) is 12.5. The van der Waals surface area contributed by atoms with Crippen LogP contribution in [0.15, 0.2) is 50.6 Å². The molecule has 0 aliphatic heterocycles. The van der Waals surface area contributed by atoms with Crippen molar-refractivity contribution >= 4 is 32.6 Å². The molecule has 3 rings (SSSR count). The molecule has 23 heavy (non-hydrogen) atoms. The molecule has 0 atom stereocenters. The van der Waals surface area contributed by atoms with Crippen LogP contribution in [0, 0.1) is 6.92 Å². The van der Waals surface area contributed by atoms with E-state index in [1.165, 1.54) is 17.1 Å². The number of imidazole rings is 1. The Morgan fingerprint density at radius 1 is 1.39 bits per heavy atom. The smallest absolute Gasteiger partial charge is 0.304 e. The topological polar surface area (TPSA) is 116 Å². The number of nitrogens with zero attached hydrogens (tertiary/aromatic N) is 3. The number of aromatic nitrogens is 2. The quantitative estimate of drug-likeness (QED) is 0.555. The minimum absolute atomic E-state index is 0.161. The van der Waals surface area contributed by atoms with Crippen LogP contribution in [0.4, 0.5) is 5.69 Å². The summed E-state index contributed by atoms with van der Waals surface area (Å²) in [6, 6.07) is 7.16. The van der Waals surface area contributed by atoms with Gasteiger partial charge in [0.15, 0.2) is 5.03 Å². The average molecular weight is 333 g/mol. The van der Waals surface area contributed by atoms with Crippen molar-refractivity contribution in [1.29, 1.82) is 0 Å². The summed E-state index contributed by atoms with van der Waals surface area (Å²) in [7, 11) is -2.28. The largest absolute Gasteiger partial charge is 0.461 e. The third kappa shape index (κ3) is 3.19. The van der Waals surface area contributed by atoms with Gasteiger partial charge in [0.1, 0.15) is 11.3 Å². The molecule has 120 valence electrons. The highest BCUT2D eigenvalue weighted by Crippen LogP contribution is 2.22. The highest BCUT2D eigenvalue weighted by molar-refractivity contribution is 7.90. The van der Waals surface area contributed by atoms with Gasteiger partial charge in [0, 0.05) is 24.3 Å². The van der Waals surface area contributed by atoms with Gasteiger partial charge in [-0.25, -0.2) is 4.98 Å².